The molecule has 23 heavy (non-hydrogen) atoms. The van der Waals surface area contributed by atoms with Gasteiger partial charge in [0.1, 0.15) is 11.7 Å². The molecular weight excluding hydrogens is 290 g/mol. The highest BCUT2D eigenvalue weighted by Gasteiger charge is 2.36. The fourth-order valence-electron chi connectivity index (χ4n) is 3.73. The molecule has 2 aliphatic rings. The van der Waals surface area contributed by atoms with E-state index >= 15 is 0 Å². The lowest BCUT2D eigenvalue weighted by Crippen LogP contribution is -2.43. The number of aryl methyl sites for hydroxylation is 1. The first-order valence-corrected chi connectivity index (χ1v) is 8.53. The van der Waals surface area contributed by atoms with Gasteiger partial charge < -0.3 is 20.5 Å². The van der Waals surface area contributed by atoms with Crippen LogP contribution in [0.5, 0.6) is 0 Å². The van der Waals surface area contributed by atoms with E-state index in [9.17, 15) is 4.79 Å². The lowest BCUT2D eigenvalue weighted by molar-refractivity contribution is -0.110. The Morgan fingerprint density at radius 2 is 2.04 bits per heavy atom. The van der Waals surface area contributed by atoms with Gasteiger partial charge in [0.15, 0.2) is 0 Å². The predicted octanol–water partition coefficient (Wildman–Crippen LogP) is 1.93. The SMILES string of the molecule is CNc1[nH]c(C)cc1C(=N)N1CC(NC=O)CCC(C2CC2)C1. The van der Waals surface area contributed by atoms with E-state index in [0.717, 1.165) is 48.8 Å². The number of likely N-dealkylation sites (tertiary alicyclic amines) is 1. The molecule has 1 saturated carbocycles. The Labute approximate surface area is 137 Å². The van der Waals surface area contributed by atoms with Crippen LogP contribution in [0.2, 0.25) is 0 Å². The second-order valence-electron chi connectivity index (χ2n) is 6.90. The zero-order chi connectivity index (χ0) is 16.4. The fourth-order valence-corrected chi connectivity index (χ4v) is 3.73. The summed E-state index contributed by atoms with van der Waals surface area (Å²) in [7, 11) is 1.87. The van der Waals surface area contributed by atoms with Gasteiger partial charge in [-0.2, -0.15) is 0 Å². The van der Waals surface area contributed by atoms with Crippen LogP contribution in [0.4, 0.5) is 5.82 Å². The number of hydrogen-bond donors (Lipinski definition) is 4. The fraction of sp³-hybridized carbons (Fsp3) is 0.647. The largest absolute Gasteiger partial charge is 0.374 e. The van der Waals surface area contributed by atoms with Crippen molar-refractivity contribution in [3.05, 3.63) is 17.3 Å². The van der Waals surface area contributed by atoms with E-state index in [1.807, 2.05) is 20.0 Å². The molecule has 3 rings (SSSR count). The highest BCUT2D eigenvalue weighted by Crippen LogP contribution is 2.41. The van der Waals surface area contributed by atoms with Crippen molar-refractivity contribution in [3.8, 4) is 0 Å². The molecule has 2 fully saturated rings. The number of aromatic nitrogens is 1. The molecule has 0 bridgehead atoms. The van der Waals surface area contributed by atoms with Crippen LogP contribution in [0.15, 0.2) is 6.07 Å². The molecule has 1 aromatic rings. The van der Waals surface area contributed by atoms with Crippen molar-refractivity contribution in [2.45, 2.75) is 38.6 Å². The topological polar surface area (TPSA) is 84.0 Å². The summed E-state index contributed by atoms with van der Waals surface area (Å²) in [6.07, 6.45) is 5.59. The number of hydrogen-bond acceptors (Lipinski definition) is 3. The van der Waals surface area contributed by atoms with E-state index in [0.29, 0.717) is 18.3 Å². The average molecular weight is 317 g/mol. The van der Waals surface area contributed by atoms with Crippen molar-refractivity contribution in [1.29, 1.82) is 5.41 Å². The Kier molecular flexibility index (Phi) is 4.59. The molecule has 0 radical (unpaired) electrons. The van der Waals surface area contributed by atoms with Crippen LogP contribution in [0, 0.1) is 24.2 Å². The van der Waals surface area contributed by atoms with Gasteiger partial charge in [-0.3, -0.25) is 10.2 Å². The molecule has 4 N–H and O–H groups in total. The number of amides is 1. The lowest BCUT2D eigenvalue weighted by Gasteiger charge is -2.28. The lowest BCUT2D eigenvalue weighted by atomic mass is 9.97. The molecular formula is C17H27N5O. The Hall–Kier alpha value is -1.98. The van der Waals surface area contributed by atoms with Gasteiger partial charge in [0.2, 0.25) is 6.41 Å². The van der Waals surface area contributed by atoms with E-state index in [4.69, 9.17) is 5.41 Å². The second kappa shape index (κ2) is 6.64. The minimum absolute atomic E-state index is 0.134. The monoisotopic (exact) mass is 317 g/mol. The summed E-state index contributed by atoms with van der Waals surface area (Å²) in [6, 6.07) is 2.16. The molecule has 1 saturated heterocycles. The Bertz CT molecular complexity index is 578. The maximum atomic E-state index is 10.9. The van der Waals surface area contributed by atoms with Crippen LogP contribution in [0.3, 0.4) is 0 Å². The van der Waals surface area contributed by atoms with Gasteiger partial charge in [-0.05, 0) is 50.5 Å². The van der Waals surface area contributed by atoms with E-state index in [2.05, 4.69) is 20.5 Å². The van der Waals surface area contributed by atoms with Gasteiger partial charge in [-0.15, -0.1) is 0 Å². The zero-order valence-corrected chi connectivity index (χ0v) is 14.0. The van der Waals surface area contributed by atoms with E-state index in [1.54, 1.807) is 0 Å². The molecule has 6 nitrogen and oxygen atoms in total. The van der Waals surface area contributed by atoms with E-state index in [1.165, 1.54) is 12.8 Å². The molecule has 1 aliphatic heterocycles. The number of nitrogens with zero attached hydrogens (tertiary/aromatic N) is 1. The molecule has 1 aromatic heterocycles. The molecule has 2 atom stereocenters. The van der Waals surface area contributed by atoms with Crippen molar-refractivity contribution < 1.29 is 4.79 Å². The van der Waals surface area contributed by atoms with Gasteiger partial charge in [-0.1, -0.05) is 0 Å². The molecule has 1 amide bonds. The molecule has 0 aromatic carbocycles. The maximum Gasteiger partial charge on any atom is 0.207 e. The number of amidine groups is 1. The summed E-state index contributed by atoms with van der Waals surface area (Å²) < 4.78 is 0. The van der Waals surface area contributed by atoms with Gasteiger partial charge >= 0.3 is 0 Å². The Balaban J connectivity index is 1.81. The predicted molar refractivity (Wildman–Crippen MR) is 91.9 cm³/mol. The third kappa shape index (κ3) is 3.51. The van der Waals surface area contributed by atoms with Gasteiger partial charge in [0.25, 0.3) is 0 Å². The van der Waals surface area contributed by atoms with Crippen LogP contribution in [0.25, 0.3) is 0 Å². The number of nitrogens with one attached hydrogen (secondary N) is 4. The zero-order valence-electron chi connectivity index (χ0n) is 14.0. The quantitative estimate of drug-likeness (QED) is 0.380. The number of rotatable bonds is 5. The van der Waals surface area contributed by atoms with Gasteiger partial charge in [0.05, 0.1) is 5.56 Å². The number of H-pyrrole nitrogens is 1. The Morgan fingerprint density at radius 3 is 2.70 bits per heavy atom. The van der Waals surface area contributed by atoms with Crippen LogP contribution >= 0.6 is 0 Å². The minimum atomic E-state index is 0.134. The standard InChI is InChI=1S/C17H27N5O/c1-11-7-15(17(19-2)21-11)16(18)22-8-13(12-3-4-12)5-6-14(9-22)20-10-23/h7,10,12-14,18-19,21H,3-6,8-9H2,1-2H3,(H,20,23). The molecule has 126 valence electrons. The molecule has 1 aliphatic carbocycles. The highest BCUT2D eigenvalue weighted by molar-refractivity contribution is 6.01. The normalized spacial score (nSPS) is 24.9. The van der Waals surface area contributed by atoms with Gasteiger partial charge in [0, 0.05) is 31.9 Å². The minimum Gasteiger partial charge on any atom is -0.374 e. The summed E-state index contributed by atoms with van der Waals surface area (Å²) in [5, 5.41) is 14.8. The first-order chi connectivity index (χ1) is 11.1. The van der Waals surface area contributed by atoms with Crippen molar-refractivity contribution in [2.24, 2.45) is 11.8 Å². The van der Waals surface area contributed by atoms with E-state index in [-0.39, 0.29) is 6.04 Å². The third-order valence-electron chi connectivity index (χ3n) is 5.15. The maximum absolute atomic E-state index is 10.9. The highest BCUT2D eigenvalue weighted by atomic mass is 16.1. The molecule has 2 heterocycles. The summed E-state index contributed by atoms with van der Waals surface area (Å²) >= 11 is 0. The number of carbonyl (C=O) groups is 1. The average Bonchev–Trinajstić information content (AvgIpc) is 3.32. The van der Waals surface area contributed by atoms with Gasteiger partial charge in [-0.25, -0.2) is 0 Å². The molecule has 0 spiro atoms. The van der Waals surface area contributed by atoms with Crippen molar-refractivity contribution >= 4 is 18.1 Å². The van der Waals surface area contributed by atoms with Crippen LogP contribution < -0.4 is 10.6 Å². The summed E-state index contributed by atoms with van der Waals surface area (Å²) in [5.41, 5.74) is 1.96. The van der Waals surface area contributed by atoms with Crippen molar-refractivity contribution in [3.63, 3.8) is 0 Å². The summed E-state index contributed by atoms with van der Waals surface area (Å²) in [5.74, 6) is 2.90. The van der Waals surface area contributed by atoms with Crippen LogP contribution in [-0.2, 0) is 4.79 Å². The van der Waals surface area contributed by atoms with E-state index < -0.39 is 0 Å². The number of carbonyl (C=O) groups excluding carboxylic acids is 1. The summed E-state index contributed by atoms with van der Waals surface area (Å²) in [6.45, 7) is 3.64. The molecule has 2 unspecified atom stereocenters. The molecule has 6 heteroatoms. The number of anilines is 1. The second-order valence-corrected chi connectivity index (χ2v) is 6.90. The first-order valence-electron chi connectivity index (χ1n) is 8.53. The van der Waals surface area contributed by atoms with Crippen molar-refractivity contribution in [1.82, 2.24) is 15.2 Å². The first kappa shape index (κ1) is 15.9. The smallest absolute Gasteiger partial charge is 0.207 e. The third-order valence-corrected chi connectivity index (χ3v) is 5.15. The number of aromatic amines is 1. The summed E-state index contributed by atoms with van der Waals surface area (Å²) in [4.78, 5) is 16.3. The Morgan fingerprint density at radius 1 is 1.30 bits per heavy atom. The van der Waals surface area contributed by atoms with Crippen LogP contribution in [0.1, 0.15) is 36.9 Å². The van der Waals surface area contributed by atoms with Crippen molar-refractivity contribution in [2.75, 3.05) is 25.5 Å². The van der Waals surface area contributed by atoms with Crippen LogP contribution in [-0.4, -0.2) is 48.3 Å².